The van der Waals surface area contributed by atoms with Crippen LogP contribution < -0.4 is 21.5 Å². The minimum atomic E-state index is -0.866. The zero-order valence-corrected chi connectivity index (χ0v) is 15.8. The van der Waals surface area contributed by atoms with E-state index in [2.05, 4.69) is 15.3 Å². The van der Waals surface area contributed by atoms with Crippen LogP contribution in [0.4, 0.5) is 0 Å². The maximum atomic E-state index is 12.1. The van der Waals surface area contributed by atoms with Crippen LogP contribution >= 0.6 is 11.6 Å². The molecule has 1 aliphatic carbocycles. The van der Waals surface area contributed by atoms with Gasteiger partial charge in [0.05, 0.1) is 10.7 Å². The molecule has 0 saturated heterocycles. The number of nitrogens with zero attached hydrogens (tertiary/aromatic N) is 4. The van der Waals surface area contributed by atoms with Crippen molar-refractivity contribution in [2.75, 3.05) is 0 Å². The van der Waals surface area contributed by atoms with Crippen molar-refractivity contribution < 1.29 is 4.74 Å². The van der Waals surface area contributed by atoms with Crippen molar-refractivity contribution in [2.24, 2.45) is 0 Å². The molecule has 0 saturated carbocycles. The Hall–Kier alpha value is -3.71. The molecule has 0 atom stereocenters. The topological polar surface area (TPSA) is 147 Å². The third-order valence-corrected chi connectivity index (χ3v) is 4.88. The molecule has 29 heavy (non-hydrogen) atoms. The SMILES string of the molecule is Cc1cc(-n2nc(C#N)c(=O)[nH]c2=O)cc(Cl)c1Oc1n[nH]c(=O)c2c1CCC2. The molecule has 0 unspecified atom stereocenters. The highest BCUT2D eigenvalue weighted by atomic mass is 35.5. The zero-order valence-electron chi connectivity index (χ0n) is 15.1. The summed E-state index contributed by atoms with van der Waals surface area (Å²) < 4.78 is 6.77. The van der Waals surface area contributed by atoms with Crippen LogP contribution in [0, 0.1) is 18.3 Å². The number of H-pyrrole nitrogens is 2. The smallest absolute Gasteiger partial charge is 0.349 e. The van der Waals surface area contributed by atoms with Crippen molar-refractivity contribution in [1.82, 2.24) is 25.0 Å². The van der Waals surface area contributed by atoms with E-state index in [-0.39, 0.29) is 22.1 Å². The average molecular weight is 413 g/mol. The molecule has 4 rings (SSSR count). The van der Waals surface area contributed by atoms with Gasteiger partial charge in [-0.15, -0.1) is 10.2 Å². The Morgan fingerprint density at radius 1 is 1.21 bits per heavy atom. The first kappa shape index (κ1) is 18.6. The van der Waals surface area contributed by atoms with E-state index in [1.807, 2.05) is 4.98 Å². The van der Waals surface area contributed by atoms with Gasteiger partial charge < -0.3 is 4.74 Å². The summed E-state index contributed by atoms with van der Waals surface area (Å²) in [5.41, 5.74) is -0.124. The molecule has 2 N–H and O–H groups in total. The highest BCUT2D eigenvalue weighted by molar-refractivity contribution is 6.32. The molecule has 0 fully saturated rings. The van der Waals surface area contributed by atoms with Crippen molar-refractivity contribution in [2.45, 2.75) is 26.2 Å². The fourth-order valence-electron chi connectivity index (χ4n) is 3.26. The molecular formula is C18H13ClN6O4. The van der Waals surface area contributed by atoms with Gasteiger partial charge in [-0.3, -0.25) is 14.6 Å². The lowest BCUT2D eigenvalue weighted by molar-refractivity contribution is 0.445. The molecule has 1 aliphatic rings. The van der Waals surface area contributed by atoms with Gasteiger partial charge in [-0.2, -0.15) is 9.94 Å². The van der Waals surface area contributed by atoms with Gasteiger partial charge in [-0.05, 0) is 43.9 Å². The second-order valence-corrected chi connectivity index (χ2v) is 6.88. The summed E-state index contributed by atoms with van der Waals surface area (Å²) in [6.45, 7) is 1.71. The van der Waals surface area contributed by atoms with E-state index in [1.165, 1.54) is 6.07 Å². The molecule has 3 aromatic rings. The Balaban J connectivity index is 1.78. The highest BCUT2D eigenvalue weighted by Crippen LogP contribution is 2.36. The number of aryl methyl sites for hydroxylation is 1. The summed E-state index contributed by atoms with van der Waals surface area (Å²) in [4.78, 5) is 37.5. The van der Waals surface area contributed by atoms with Gasteiger partial charge >= 0.3 is 5.69 Å². The highest BCUT2D eigenvalue weighted by Gasteiger charge is 2.22. The predicted octanol–water partition coefficient (Wildman–Crippen LogP) is 1.12. The van der Waals surface area contributed by atoms with Crippen LogP contribution in [0.25, 0.3) is 5.69 Å². The van der Waals surface area contributed by atoms with E-state index in [0.29, 0.717) is 29.7 Å². The third kappa shape index (κ3) is 3.21. The molecule has 0 spiro atoms. The maximum absolute atomic E-state index is 12.1. The monoisotopic (exact) mass is 412 g/mol. The number of hydrogen-bond donors (Lipinski definition) is 2. The van der Waals surface area contributed by atoms with Crippen molar-refractivity contribution in [3.05, 3.63) is 70.7 Å². The van der Waals surface area contributed by atoms with Crippen LogP contribution in [-0.2, 0) is 12.8 Å². The van der Waals surface area contributed by atoms with E-state index in [4.69, 9.17) is 21.6 Å². The summed E-state index contributed by atoms with van der Waals surface area (Å²) >= 11 is 6.37. The summed E-state index contributed by atoms with van der Waals surface area (Å²) in [6, 6.07) is 4.62. The number of nitrogens with one attached hydrogen (secondary N) is 2. The van der Waals surface area contributed by atoms with Gasteiger partial charge in [0.15, 0.2) is 5.75 Å². The lowest BCUT2D eigenvalue weighted by atomic mass is 10.2. The summed E-state index contributed by atoms with van der Waals surface area (Å²) in [6.07, 6.45) is 2.19. The van der Waals surface area contributed by atoms with Crippen LogP contribution in [0.5, 0.6) is 11.6 Å². The Morgan fingerprint density at radius 2 is 1.97 bits per heavy atom. The molecule has 0 bridgehead atoms. The van der Waals surface area contributed by atoms with Crippen LogP contribution in [-0.4, -0.2) is 25.0 Å². The van der Waals surface area contributed by atoms with E-state index < -0.39 is 16.9 Å². The van der Waals surface area contributed by atoms with Gasteiger partial charge in [-0.25, -0.2) is 9.89 Å². The van der Waals surface area contributed by atoms with E-state index in [0.717, 1.165) is 16.7 Å². The van der Waals surface area contributed by atoms with Gasteiger partial charge in [0.1, 0.15) is 6.07 Å². The molecule has 2 aromatic heterocycles. The molecule has 0 radical (unpaired) electrons. The Kier molecular flexibility index (Phi) is 4.52. The second-order valence-electron chi connectivity index (χ2n) is 6.48. The molecular weight excluding hydrogens is 400 g/mol. The third-order valence-electron chi connectivity index (χ3n) is 4.60. The number of aromatic amines is 2. The summed E-state index contributed by atoms with van der Waals surface area (Å²) in [5, 5.41) is 19.3. The van der Waals surface area contributed by atoms with Crippen molar-refractivity contribution >= 4 is 11.6 Å². The van der Waals surface area contributed by atoms with E-state index in [1.54, 1.807) is 19.1 Å². The second kappa shape index (κ2) is 7.03. The first-order chi connectivity index (χ1) is 13.9. The molecule has 11 heteroatoms. The van der Waals surface area contributed by atoms with Crippen molar-refractivity contribution in [3.8, 4) is 23.4 Å². The summed E-state index contributed by atoms with van der Waals surface area (Å²) in [7, 11) is 0. The number of aromatic nitrogens is 5. The van der Waals surface area contributed by atoms with Crippen LogP contribution in [0.2, 0.25) is 5.02 Å². The molecule has 1 aromatic carbocycles. The lowest BCUT2D eigenvalue weighted by Gasteiger charge is -2.14. The minimum Gasteiger partial charge on any atom is -0.435 e. The Labute approximate surface area is 167 Å². The first-order valence-electron chi connectivity index (χ1n) is 8.61. The van der Waals surface area contributed by atoms with E-state index >= 15 is 0 Å². The summed E-state index contributed by atoms with van der Waals surface area (Å²) in [5.74, 6) is 0.586. The number of rotatable bonds is 3. The van der Waals surface area contributed by atoms with Crippen LogP contribution in [0.15, 0.2) is 26.5 Å². The van der Waals surface area contributed by atoms with Crippen LogP contribution in [0.1, 0.15) is 28.8 Å². The standard InChI is InChI=1S/C18H13ClN6O4/c1-8-5-9(25-18(28)21-16(27)13(7-20)24-25)6-12(19)14(8)29-17-11-4-2-3-10(11)15(26)22-23-17/h5-6H,2-4H2,1H3,(H,22,26)(H,21,27,28). The normalized spacial score (nSPS) is 12.4. The van der Waals surface area contributed by atoms with Gasteiger partial charge in [0, 0.05) is 11.1 Å². The maximum Gasteiger partial charge on any atom is 0.349 e. The number of benzene rings is 1. The Morgan fingerprint density at radius 3 is 2.69 bits per heavy atom. The average Bonchev–Trinajstić information content (AvgIpc) is 3.17. The quantitative estimate of drug-likeness (QED) is 0.655. The van der Waals surface area contributed by atoms with Gasteiger partial charge in [-0.1, -0.05) is 11.6 Å². The number of nitriles is 1. The fourth-order valence-corrected chi connectivity index (χ4v) is 3.56. The van der Waals surface area contributed by atoms with Crippen molar-refractivity contribution in [1.29, 1.82) is 5.26 Å². The largest absolute Gasteiger partial charge is 0.435 e. The number of ether oxygens (including phenoxy) is 1. The zero-order chi connectivity index (χ0) is 20.7. The molecule has 0 aliphatic heterocycles. The van der Waals surface area contributed by atoms with Crippen molar-refractivity contribution in [3.63, 3.8) is 0 Å². The molecule has 0 amide bonds. The Bertz CT molecular complexity index is 1340. The number of hydrogen-bond acceptors (Lipinski definition) is 7. The lowest BCUT2D eigenvalue weighted by Crippen LogP contribution is -2.33. The fraction of sp³-hybridized carbons (Fsp3) is 0.222. The molecule has 146 valence electrons. The van der Waals surface area contributed by atoms with E-state index in [9.17, 15) is 14.4 Å². The molecule has 10 nitrogen and oxygen atoms in total. The van der Waals surface area contributed by atoms with Gasteiger partial charge in [0.2, 0.25) is 11.6 Å². The minimum absolute atomic E-state index is 0.165. The number of halogens is 1. The van der Waals surface area contributed by atoms with Crippen LogP contribution in [0.3, 0.4) is 0 Å². The number of fused-ring (bicyclic) bond motifs is 1. The predicted molar refractivity (Wildman–Crippen MR) is 102 cm³/mol. The van der Waals surface area contributed by atoms with Gasteiger partial charge in [0.25, 0.3) is 11.1 Å². The molecule has 2 heterocycles. The first-order valence-corrected chi connectivity index (χ1v) is 8.99.